The molecule has 1 aliphatic rings. The molecule has 0 amide bonds. The highest BCUT2D eigenvalue weighted by molar-refractivity contribution is 7.85. The highest BCUT2D eigenvalue weighted by Crippen LogP contribution is 2.29. The van der Waals surface area contributed by atoms with Crippen LogP contribution >= 0.6 is 0 Å². The van der Waals surface area contributed by atoms with Crippen LogP contribution in [0.5, 0.6) is 0 Å². The fraction of sp³-hybridized carbons (Fsp3) is 0.300. The summed E-state index contributed by atoms with van der Waals surface area (Å²) in [6.07, 6.45) is 2.86. The molecule has 0 radical (unpaired) electrons. The van der Waals surface area contributed by atoms with Crippen LogP contribution in [0.2, 0.25) is 0 Å². The molecule has 1 N–H and O–H groups in total. The lowest BCUT2D eigenvalue weighted by molar-refractivity contribution is 0.112. The van der Waals surface area contributed by atoms with Crippen molar-refractivity contribution in [1.29, 1.82) is 0 Å². The van der Waals surface area contributed by atoms with Gasteiger partial charge in [-0.3, -0.25) is 9.35 Å². The third-order valence-electron chi connectivity index (χ3n) is 2.61. The second-order valence-corrected chi connectivity index (χ2v) is 4.99. The summed E-state index contributed by atoms with van der Waals surface area (Å²) in [6, 6.07) is 2.91. The van der Waals surface area contributed by atoms with Gasteiger partial charge >= 0.3 is 0 Å². The quantitative estimate of drug-likeness (QED) is 0.608. The number of benzene rings is 1. The topological polar surface area (TPSA) is 71.4 Å². The van der Waals surface area contributed by atoms with Crippen molar-refractivity contribution in [2.45, 2.75) is 24.2 Å². The van der Waals surface area contributed by atoms with Crippen LogP contribution in [-0.2, 0) is 23.0 Å². The molecule has 0 spiro atoms. The Bertz CT molecular complexity index is 516. The first-order valence-corrected chi connectivity index (χ1v) is 6.05. The summed E-state index contributed by atoms with van der Waals surface area (Å²) in [4.78, 5) is 10.5. The van der Waals surface area contributed by atoms with Gasteiger partial charge in [0.2, 0.25) is 0 Å². The Morgan fingerprint density at radius 2 is 2.00 bits per heavy atom. The van der Waals surface area contributed by atoms with Crippen molar-refractivity contribution in [3.8, 4) is 0 Å². The number of aryl methyl sites for hydroxylation is 1. The number of fused-ring (bicyclic) bond motifs is 1. The van der Waals surface area contributed by atoms with E-state index in [2.05, 4.69) is 0 Å². The van der Waals surface area contributed by atoms with Crippen molar-refractivity contribution in [2.24, 2.45) is 0 Å². The summed E-state index contributed by atoms with van der Waals surface area (Å²) in [5.41, 5.74) is 1.80. The summed E-state index contributed by atoms with van der Waals surface area (Å²) in [7, 11) is -4.22. The predicted octanol–water partition coefficient (Wildman–Crippen LogP) is 1.23. The minimum absolute atomic E-state index is 0.111. The van der Waals surface area contributed by atoms with E-state index in [9.17, 15) is 13.2 Å². The van der Waals surface area contributed by atoms with Gasteiger partial charge in [0.25, 0.3) is 10.1 Å². The number of rotatable bonds is 2. The maximum Gasteiger partial charge on any atom is 0.294 e. The molecular weight excluding hydrogens is 216 g/mol. The molecule has 5 heteroatoms. The van der Waals surface area contributed by atoms with Gasteiger partial charge in [-0.25, -0.2) is 0 Å². The molecule has 0 aromatic heterocycles. The van der Waals surface area contributed by atoms with Crippen molar-refractivity contribution < 1.29 is 17.8 Å². The van der Waals surface area contributed by atoms with Gasteiger partial charge in [-0.1, -0.05) is 0 Å². The standard InChI is InChI=1S/C10H10O4S/c11-6-7-4-8-2-1-3-9(8)10(5-7)15(12,13)14/h4-6H,1-3H2,(H,12,13,14). The molecule has 80 valence electrons. The highest BCUT2D eigenvalue weighted by atomic mass is 32.2. The van der Waals surface area contributed by atoms with Crippen molar-refractivity contribution in [3.63, 3.8) is 0 Å². The van der Waals surface area contributed by atoms with Crippen LogP contribution in [0.1, 0.15) is 27.9 Å². The van der Waals surface area contributed by atoms with E-state index in [1.165, 1.54) is 6.07 Å². The van der Waals surface area contributed by atoms with E-state index in [4.69, 9.17) is 4.55 Å². The number of hydrogen-bond acceptors (Lipinski definition) is 3. The van der Waals surface area contributed by atoms with Gasteiger partial charge in [0.05, 0.1) is 4.90 Å². The molecule has 0 atom stereocenters. The van der Waals surface area contributed by atoms with Gasteiger partial charge in [-0.05, 0) is 42.5 Å². The second kappa shape index (κ2) is 3.43. The minimum atomic E-state index is -4.22. The molecule has 0 bridgehead atoms. The Morgan fingerprint density at radius 1 is 1.27 bits per heavy atom. The SMILES string of the molecule is O=Cc1cc2c(c(S(=O)(=O)O)c1)CCC2. The predicted molar refractivity (Wildman–Crippen MR) is 53.7 cm³/mol. The molecule has 0 heterocycles. The summed E-state index contributed by atoms with van der Waals surface area (Å²) >= 11 is 0. The average molecular weight is 226 g/mol. The van der Waals surface area contributed by atoms with Crippen LogP contribution in [0, 0.1) is 0 Å². The Labute approximate surface area is 87.7 Å². The molecule has 2 rings (SSSR count). The first-order chi connectivity index (χ1) is 7.02. The highest BCUT2D eigenvalue weighted by Gasteiger charge is 2.22. The largest absolute Gasteiger partial charge is 0.298 e. The lowest BCUT2D eigenvalue weighted by Crippen LogP contribution is -2.04. The zero-order chi connectivity index (χ0) is 11.1. The molecule has 0 saturated heterocycles. The van der Waals surface area contributed by atoms with Gasteiger partial charge in [0.15, 0.2) is 0 Å². The van der Waals surface area contributed by atoms with Crippen LogP contribution in [0.3, 0.4) is 0 Å². The van der Waals surface area contributed by atoms with Crippen LogP contribution in [0.15, 0.2) is 17.0 Å². The van der Waals surface area contributed by atoms with Crippen molar-refractivity contribution in [2.75, 3.05) is 0 Å². The summed E-state index contributed by atoms with van der Waals surface area (Å²) in [5, 5.41) is 0. The van der Waals surface area contributed by atoms with Crippen LogP contribution in [-0.4, -0.2) is 19.3 Å². The van der Waals surface area contributed by atoms with Gasteiger partial charge in [-0.15, -0.1) is 0 Å². The van der Waals surface area contributed by atoms with E-state index < -0.39 is 10.1 Å². The number of hydrogen-bond donors (Lipinski definition) is 1. The lowest BCUT2D eigenvalue weighted by Gasteiger charge is -2.06. The molecule has 0 fully saturated rings. The monoisotopic (exact) mass is 226 g/mol. The van der Waals surface area contributed by atoms with Crippen LogP contribution in [0.4, 0.5) is 0 Å². The van der Waals surface area contributed by atoms with Crippen molar-refractivity contribution >= 4 is 16.4 Å². The first-order valence-electron chi connectivity index (χ1n) is 4.61. The summed E-state index contributed by atoms with van der Waals surface area (Å²) in [6.45, 7) is 0. The molecule has 1 aromatic carbocycles. The van der Waals surface area contributed by atoms with Gasteiger partial charge < -0.3 is 0 Å². The Morgan fingerprint density at radius 3 is 2.60 bits per heavy atom. The van der Waals surface area contributed by atoms with E-state index >= 15 is 0 Å². The average Bonchev–Trinajstić information content (AvgIpc) is 2.61. The molecule has 0 saturated carbocycles. The minimum Gasteiger partial charge on any atom is -0.298 e. The normalized spacial score (nSPS) is 15.0. The van der Waals surface area contributed by atoms with Crippen LogP contribution in [0.25, 0.3) is 0 Å². The Hall–Kier alpha value is -1.20. The molecule has 0 aliphatic heterocycles. The number of carbonyl (C=O) groups excluding carboxylic acids is 1. The molecule has 15 heavy (non-hydrogen) atoms. The Balaban J connectivity index is 2.73. The molecule has 4 nitrogen and oxygen atoms in total. The number of aldehydes is 1. The van der Waals surface area contributed by atoms with Crippen LogP contribution < -0.4 is 0 Å². The maximum absolute atomic E-state index is 11.1. The molecule has 0 unspecified atom stereocenters. The zero-order valence-electron chi connectivity index (χ0n) is 7.93. The van der Waals surface area contributed by atoms with E-state index in [0.717, 1.165) is 18.4 Å². The first kappa shape index (κ1) is 10.3. The fourth-order valence-corrected chi connectivity index (χ4v) is 2.82. The van der Waals surface area contributed by atoms with E-state index in [1.54, 1.807) is 6.07 Å². The lowest BCUT2D eigenvalue weighted by atomic mass is 10.1. The number of carbonyl (C=O) groups is 1. The van der Waals surface area contributed by atoms with Gasteiger partial charge in [0.1, 0.15) is 6.29 Å². The Kier molecular flexibility index (Phi) is 2.36. The van der Waals surface area contributed by atoms with E-state index in [-0.39, 0.29) is 4.90 Å². The maximum atomic E-state index is 11.1. The van der Waals surface area contributed by atoms with E-state index in [1.807, 2.05) is 0 Å². The van der Waals surface area contributed by atoms with Crippen molar-refractivity contribution in [1.82, 2.24) is 0 Å². The molecule has 1 aliphatic carbocycles. The molecule has 1 aromatic rings. The summed E-state index contributed by atoms with van der Waals surface area (Å²) < 4.78 is 31.2. The smallest absolute Gasteiger partial charge is 0.294 e. The fourth-order valence-electron chi connectivity index (χ4n) is 1.99. The zero-order valence-corrected chi connectivity index (χ0v) is 8.75. The second-order valence-electron chi connectivity index (χ2n) is 3.60. The summed E-state index contributed by atoms with van der Waals surface area (Å²) in [5.74, 6) is 0. The third kappa shape index (κ3) is 1.80. The third-order valence-corrected chi connectivity index (χ3v) is 3.53. The van der Waals surface area contributed by atoms with Crippen molar-refractivity contribution in [3.05, 3.63) is 28.8 Å². The van der Waals surface area contributed by atoms with Gasteiger partial charge in [0, 0.05) is 5.56 Å². The molecular formula is C10H10O4S. The van der Waals surface area contributed by atoms with E-state index in [0.29, 0.717) is 23.8 Å². The van der Waals surface area contributed by atoms with Gasteiger partial charge in [-0.2, -0.15) is 8.42 Å².